The Morgan fingerprint density at radius 3 is 2.41 bits per heavy atom. The molecule has 0 aliphatic heterocycles. The summed E-state index contributed by atoms with van der Waals surface area (Å²) < 4.78 is 11.6. The fourth-order valence-corrected chi connectivity index (χ4v) is 4.00. The predicted octanol–water partition coefficient (Wildman–Crippen LogP) is 4.46. The molecular formula is C25H34ClN5O3. The van der Waals surface area contributed by atoms with Crippen LogP contribution in [0.2, 0.25) is 5.02 Å². The van der Waals surface area contributed by atoms with Crippen molar-refractivity contribution in [1.82, 2.24) is 14.9 Å². The minimum absolute atomic E-state index is 0.0936. The van der Waals surface area contributed by atoms with Crippen LogP contribution in [0.3, 0.4) is 0 Å². The van der Waals surface area contributed by atoms with Gasteiger partial charge in [-0.05, 0) is 62.4 Å². The molecule has 34 heavy (non-hydrogen) atoms. The van der Waals surface area contributed by atoms with Crippen LogP contribution in [0.1, 0.15) is 49.1 Å². The van der Waals surface area contributed by atoms with Gasteiger partial charge in [0.05, 0.1) is 28.9 Å². The van der Waals surface area contributed by atoms with E-state index in [0.717, 1.165) is 29.8 Å². The Morgan fingerprint density at radius 1 is 1.12 bits per heavy atom. The lowest BCUT2D eigenvalue weighted by Gasteiger charge is -2.24. The maximum atomic E-state index is 12.5. The number of amides is 1. The summed E-state index contributed by atoms with van der Waals surface area (Å²) in [6.07, 6.45) is 5.56. The van der Waals surface area contributed by atoms with E-state index in [9.17, 15) is 4.79 Å². The standard InChI is InChI=1S/C25H34ClN5O3/c1-17-23(34-20-7-5-4-6-8-20)14-13-21(29-17)24(27)22(31(3)28)16-33-25(32)30(2)15-18-9-11-19(26)12-10-18/h9-14,20H,4-8,15-16,27-28H2,1-3H3/b24-22-. The molecule has 0 spiro atoms. The Balaban J connectivity index is 1.65. The van der Waals surface area contributed by atoms with Crippen LogP contribution in [0.5, 0.6) is 5.75 Å². The third kappa shape index (κ3) is 7.01. The minimum Gasteiger partial charge on any atom is -0.489 e. The van der Waals surface area contributed by atoms with Gasteiger partial charge in [-0.3, -0.25) is 0 Å². The molecule has 0 radical (unpaired) electrons. The van der Waals surface area contributed by atoms with E-state index in [2.05, 4.69) is 4.98 Å². The number of carbonyl (C=O) groups is 1. The van der Waals surface area contributed by atoms with Gasteiger partial charge in [0.2, 0.25) is 0 Å². The molecule has 184 valence electrons. The van der Waals surface area contributed by atoms with E-state index in [1.807, 2.05) is 25.1 Å². The molecule has 4 N–H and O–H groups in total. The molecule has 2 aromatic rings. The third-order valence-corrected chi connectivity index (χ3v) is 6.12. The number of hydrogen-bond acceptors (Lipinski definition) is 7. The van der Waals surface area contributed by atoms with Crippen molar-refractivity contribution < 1.29 is 14.3 Å². The van der Waals surface area contributed by atoms with E-state index >= 15 is 0 Å². The summed E-state index contributed by atoms with van der Waals surface area (Å²) in [4.78, 5) is 18.6. The summed E-state index contributed by atoms with van der Waals surface area (Å²) in [6.45, 7) is 2.18. The van der Waals surface area contributed by atoms with Crippen molar-refractivity contribution in [3.63, 3.8) is 0 Å². The second-order valence-corrected chi connectivity index (χ2v) is 9.10. The topological polar surface area (TPSA) is 107 Å². The summed E-state index contributed by atoms with van der Waals surface area (Å²) in [5.74, 6) is 6.76. The average Bonchev–Trinajstić information content (AvgIpc) is 2.82. The number of hydrogen-bond donors (Lipinski definition) is 2. The Morgan fingerprint density at radius 2 is 1.79 bits per heavy atom. The van der Waals surface area contributed by atoms with Crippen molar-refractivity contribution in [2.45, 2.75) is 51.7 Å². The van der Waals surface area contributed by atoms with Crippen molar-refractivity contribution in [1.29, 1.82) is 0 Å². The van der Waals surface area contributed by atoms with Crippen LogP contribution in [0.25, 0.3) is 5.70 Å². The Bertz CT molecular complexity index is 1000. The zero-order valence-electron chi connectivity index (χ0n) is 20.1. The highest BCUT2D eigenvalue weighted by Gasteiger charge is 2.19. The molecule has 8 nitrogen and oxygen atoms in total. The molecule has 0 atom stereocenters. The number of halogens is 1. The molecule has 1 saturated carbocycles. The molecule has 0 saturated heterocycles. The molecule has 1 aromatic heterocycles. The quantitative estimate of drug-likeness (QED) is 0.418. The first-order valence-corrected chi connectivity index (χ1v) is 11.9. The Labute approximate surface area is 206 Å². The molecule has 0 unspecified atom stereocenters. The first kappa shape index (κ1) is 25.6. The first-order valence-electron chi connectivity index (χ1n) is 11.5. The molecule has 1 aliphatic carbocycles. The molecular weight excluding hydrogens is 454 g/mol. The number of hydrazine groups is 1. The van der Waals surface area contributed by atoms with E-state index in [1.54, 1.807) is 32.3 Å². The van der Waals surface area contributed by atoms with E-state index < -0.39 is 6.09 Å². The van der Waals surface area contributed by atoms with Crippen LogP contribution < -0.4 is 16.3 Å². The smallest absolute Gasteiger partial charge is 0.410 e. The van der Waals surface area contributed by atoms with Crippen LogP contribution in [0.4, 0.5) is 4.79 Å². The van der Waals surface area contributed by atoms with Crippen molar-refractivity contribution in [2.75, 3.05) is 20.7 Å². The predicted molar refractivity (Wildman–Crippen MR) is 134 cm³/mol. The van der Waals surface area contributed by atoms with Crippen LogP contribution in [0.15, 0.2) is 42.1 Å². The van der Waals surface area contributed by atoms with Gasteiger partial charge >= 0.3 is 6.09 Å². The SMILES string of the molecule is Cc1nc(/C(N)=C(\COC(=O)N(C)Cc2ccc(Cl)cc2)N(C)N)ccc1OC1CCCCC1. The number of benzene rings is 1. The summed E-state index contributed by atoms with van der Waals surface area (Å²) in [5, 5.41) is 1.98. The van der Waals surface area contributed by atoms with Crippen LogP contribution in [0, 0.1) is 6.92 Å². The number of ether oxygens (including phenoxy) is 2. The van der Waals surface area contributed by atoms with E-state index in [4.69, 9.17) is 32.7 Å². The second-order valence-electron chi connectivity index (χ2n) is 8.67. The molecule has 1 aliphatic rings. The van der Waals surface area contributed by atoms with E-state index in [0.29, 0.717) is 28.7 Å². The summed E-state index contributed by atoms with van der Waals surface area (Å²) in [6, 6.07) is 11.0. The maximum Gasteiger partial charge on any atom is 0.410 e. The fraction of sp³-hybridized carbons (Fsp3) is 0.440. The molecule has 1 heterocycles. The number of pyridine rings is 1. The Hall–Kier alpha value is -2.97. The zero-order valence-corrected chi connectivity index (χ0v) is 20.8. The van der Waals surface area contributed by atoms with Gasteiger partial charge in [0, 0.05) is 25.7 Å². The van der Waals surface area contributed by atoms with Gasteiger partial charge in [0.15, 0.2) is 0 Å². The summed E-state index contributed by atoms with van der Waals surface area (Å²) in [5.41, 5.74) is 9.40. The third-order valence-electron chi connectivity index (χ3n) is 5.87. The molecule has 9 heteroatoms. The highest BCUT2D eigenvalue weighted by atomic mass is 35.5. The number of carbonyl (C=O) groups excluding carboxylic acids is 1. The van der Waals surface area contributed by atoms with Crippen molar-refractivity contribution in [3.8, 4) is 5.75 Å². The largest absolute Gasteiger partial charge is 0.489 e. The number of aromatic nitrogens is 1. The lowest BCUT2D eigenvalue weighted by atomic mass is 9.98. The lowest BCUT2D eigenvalue weighted by molar-refractivity contribution is 0.111. The van der Waals surface area contributed by atoms with Crippen molar-refractivity contribution in [3.05, 3.63) is 64.1 Å². The lowest BCUT2D eigenvalue weighted by Crippen LogP contribution is -2.33. The van der Waals surface area contributed by atoms with Gasteiger partial charge in [-0.1, -0.05) is 30.2 Å². The zero-order chi connectivity index (χ0) is 24.7. The van der Waals surface area contributed by atoms with Crippen molar-refractivity contribution in [2.24, 2.45) is 11.6 Å². The second kappa shape index (κ2) is 11.9. The van der Waals surface area contributed by atoms with Gasteiger partial charge in [-0.2, -0.15) is 0 Å². The number of nitrogens with two attached hydrogens (primary N) is 2. The highest BCUT2D eigenvalue weighted by molar-refractivity contribution is 6.30. The van der Waals surface area contributed by atoms with Gasteiger partial charge in [0.1, 0.15) is 12.4 Å². The normalized spacial score (nSPS) is 14.9. The van der Waals surface area contributed by atoms with Crippen LogP contribution >= 0.6 is 11.6 Å². The summed E-state index contributed by atoms with van der Waals surface area (Å²) in [7, 11) is 3.30. The Kier molecular flexibility index (Phi) is 9.01. The highest BCUT2D eigenvalue weighted by Crippen LogP contribution is 2.26. The van der Waals surface area contributed by atoms with E-state index in [1.165, 1.54) is 29.2 Å². The molecule has 0 bridgehead atoms. The first-order chi connectivity index (χ1) is 16.2. The van der Waals surface area contributed by atoms with Gasteiger partial charge in [-0.15, -0.1) is 0 Å². The van der Waals surface area contributed by atoms with Crippen molar-refractivity contribution >= 4 is 23.4 Å². The summed E-state index contributed by atoms with van der Waals surface area (Å²) >= 11 is 5.92. The number of rotatable bonds is 8. The molecule has 1 amide bonds. The number of aryl methyl sites for hydroxylation is 1. The number of likely N-dealkylation sites (N-methyl/N-ethyl adjacent to an activating group) is 1. The molecule has 1 aromatic carbocycles. The monoisotopic (exact) mass is 487 g/mol. The van der Waals surface area contributed by atoms with Gasteiger partial charge in [0.25, 0.3) is 0 Å². The number of nitrogens with zero attached hydrogens (tertiary/aromatic N) is 3. The van der Waals surface area contributed by atoms with Gasteiger partial charge in [-0.25, -0.2) is 15.6 Å². The molecule has 3 rings (SSSR count). The average molecular weight is 488 g/mol. The minimum atomic E-state index is -0.498. The van der Waals surface area contributed by atoms with Crippen LogP contribution in [-0.4, -0.2) is 47.8 Å². The molecule has 1 fully saturated rings. The maximum absolute atomic E-state index is 12.5. The van der Waals surface area contributed by atoms with Crippen LogP contribution in [-0.2, 0) is 11.3 Å². The van der Waals surface area contributed by atoms with E-state index in [-0.39, 0.29) is 12.7 Å². The van der Waals surface area contributed by atoms with Gasteiger partial charge < -0.3 is 25.1 Å². The fourth-order valence-electron chi connectivity index (χ4n) is 3.87.